The number of nitrogens with zero attached hydrogens (tertiary/aromatic N) is 2. The molecule has 0 aliphatic heterocycles. The van der Waals surface area contributed by atoms with Crippen molar-refractivity contribution in [1.29, 1.82) is 0 Å². The molecule has 0 unspecified atom stereocenters. The lowest BCUT2D eigenvalue weighted by molar-refractivity contribution is -0.115. The van der Waals surface area contributed by atoms with E-state index in [0.29, 0.717) is 5.82 Å². The first-order chi connectivity index (χ1) is 7.11. The number of amides is 1. The zero-order valence-electron chi connectivity index (χ0n) is 8.05. The monoisotopic (exact) mass is 248 g/mol. The fourth-order valence-corrected chi connectivity index (χ4v) is 1.29. The van der Waals surface area contributed by atoms with Gasteiger partial charge in [0, 0.05) is 6.07 Å². The molecule has 0 atom stereocenters. The van der Waals surface area contributed by atoms with Gasteiger partial charge in [0.15, 0.2) is 0 Å². The summed E-state index contributed by atoms with van der Waals surface area (Å²) in [4.78, 5) is 18.7. The lowest BCUT2D eigenvalue weighted by Gasteiger charge is -2.04. The summed E-state index contributed by atoms with van der Waals surface area (Å²) in [5.41, 5.74) is 0. The quantitative estimate of drug-likeness (QED) is 0.624. The van der Waals surface area contributed by atoms with E-state index in [-0.39, 0.29) is 22.9 Å². The highest BCUT2D eigenvalue weighted by Gasteiger charge is 2.05. The molecule has 1 amide bonds. The van der Waals surface area contributed by atoms with E-state index >= 15 is 0 Å². The molecule has 0 radical (unpaired) electrons. The van der Waals surface area contributed by atoms with Gasteiger partial charge in [0.2, 0.25) is 11.2 Å². The molecule has 0 aromatic carbocycles. The number of aromatic nitrogens is 2. The zero-order valence-corrected chi connectivity index (χ0v) is 9.56. The van der Waals surface area contributed by atoms with Crippen LogP contribution in [0.25, 0.3) is 0 Å². The first-order valence-corrected chi connectivity index (χ1v) is 5.08. The fraction of sp³-hybridized carbons (Fsp3) is 0.375. The van der Waals surface area contributed by atoms with Crippen LogP contribution < -0.4 is 10.6 Å². The van der Waals surface area contributed by atoms with Gasteiger partial charge in [0.1, 0.15) is 11.0 Å². The first kappa shape index (κ1) is 12.2. The zero-order chi connectivity index (χ0) is 11.3. The lowest BCUT2D eigenvalue weighted by Crippen LogP contribution is -2.28. The fourth-order valence-electron chi connectivity index (χ4n) is 0.880. The van der Waals surface area contributed by atoms with Gasteiger partial charge in [0.25, 0.3) is 0 Å². The maximum Gasteiger partial charge on any atom is 0.239 e. The maximum absolute atomic E-state index is 11.3. The Morgan fingerprint density at radius 1 is 1.47 bits per heavy atom. The average molecular weight is 249 g/mol. The molecule has 15 heavy (non-hydrogen) atoms. The van der Waals surface area contributed by atoms with Crippen LogP contribution in [-0.4, -0.2) is 29.0 Å². The summed E-state index contributed by atoms with van der Waals surface area (Å²) >= 11 is 11.2. The Kier molecular flexibility index (Phi) is 4.74. The molecule has 2 N–H and O–H groups in total. The molecule has 0 bridgehead atoms. The highest BCUT2D eigenvalue weighted by molar-refractivity contribution is 6.32. The topological polar surface area (TPSA) is 66.9 Å². The SMILES string of the molecule is CCNCC(=O)Nc1cc(Cl)nc(Cl)n1. The third-order valence-electron chi connectivity index (χ3n) is 1.47. The largest absolute Gasteiger partial charge is 0.309 e. The van der Waals surface area contributed by atoms with Crippen LogP contribution in [-0.2, 0) is 4.79 Å². The Labute approximate surface area is 97.2 Å². The van der Waals surface area contributed by atoms with Gasteiger partial charge in [-0.2, -0.15) is 0 Å². The van der Waals surface area contributed by atoms with Gasteiger partial charge < -0.3 is 10.6 Å². The Hall–Kier alpha value is -0.910. The molecule has 0 aliphatic rings. The number of halogens is 2. The van der Waals surface area contributed by atoms with E-state index < -0.39 is 0 Å². The minimum Gasteiger partial charge on any atom is -0.309 e. The second-order valence-corrected chi connectivity index (χ2v) is 3.40. The number of hydrogen-bond acceptors (Lipinski definition) is 4. The number of anilines is 1. The third-order valence-corrected chi connectivity index (χ3v) is 1.83. The molecule has 82 valence electrons. The molecule has 1 heterocycles. The van der Waals surface area contributed by atoms with Crippen molar-refractivity contribution in [3.63, 3.8) is 0 Å². The van der Waals surface area contributed by atoms with Crippen molar-refractivity contribution < 1.29 is 4.79 Å². The molecule has 5 nitrogen and oxygen atoms in total. The number of rotatable bonds is 4. The van der Waals surface area contributed by atoms with E-state index in [1.54, 1.807) is 0 Å². The summed E-state index contributed by atoms with van der Waals surface area (Å²) in [5, 5.41) is 5.60. The highest BCUT2D eigenvalue weighted by atomic mass is 35.5. The van der Waals surface area contributed by atoms with Crippen LogP contribution in [0, 0.1) is 0 Å². The van der Waals surface area contributed by atoms with Crippen LogP contribution in [0.1, 0.15) is 6.92 Å². The van der Waals surface area contributed by atoms with Crippen molar-refractivity contribution in [3.05, 3.63) is 16.5 Å². The number of hydrogen-bond donors (Lipinski definition) is 2. The standard InChI is InChI=1S/C8H10Cl2N4O/c1-2-11-4-7(15)13-6-3-5(9)12-8(10)14-6/h3,11H,2,4H2,1H3,(H,12,13,14,15). The van der Waals surface area contributed by atoms with Crippen molar-refractivity contribution in [2.45, 2.75) is 6.92 Å². The van der Waals surface area contributed by atoms with Gasteiger partial charge in [0.05, 0.1) is 6.54 Å². The summed E-state index contributed by atoms with van der Waals surface area (Å²) in [5.74, 6) is 0.0885. The van der Waals surface area contributed by atoms with Gasteiger partial charge in [-0.1, -0.05) is 18.5 Å². The number of carbonyl (C=O) groups excluding carboxylic acids is 1. The van der Waals surface area contributed by atoms with E-state index in [4.69, 9.17) is 23.2 Å². The molecule has 0 fully saturated rings. The molecule has 0 saturated carbocycles. The van der Waals surface area contributed by atoms with E-state index in [9.17, 15) is 4.79 Å². The van der Waals surface area contributed by atoms with Crippen LogP contribution >= 0.6 is 23.2 Å². The third kappa shape index (κ3) is 4.42. The van der Waals surface area contributed by atoms with Crippen LogP contribution in [0.15, 0.2) is 6.07 Å². The highest BCUT2D eigenvalue weighted by Crippen LogP contribution is 2.13. The minimum absolute atomic E-state index is 0.00116. The molecule has 7 heteroatoms. The van der Waals surface area contributed by atoms with Crippen molar-refractivity contribution >= 4 is 34.9 Å². The van der Waals surface area contributed by atoms with Gasteiger partial charge in [-0.05, 0) is 18.1 Å². The summed E-state index contributed by atoms with van der Waals surface area (Å²) in [6.45, 7) is 2.85. The predicted octanol–water partition coefficient (Wildman–Crippen LogP) is 1.33. The minimum atomic E-state index is -0.206. The van der Waals surface area contributed by atoms with Crippen LogP contribution in [0.3, 0.4) is 0 Å². The average Bonchev–Trinajstić information content (AvgIpc) is 2.13. The smallest absolute Gasteiger partial charge is 0.239 e. The molecular weight excluding hydrogens is 239 g/mol. The molecular formula is C8H10Cl2N4O. The number of carbonyl (C=O) groups is 1. The van der Waals surface area contributed by atoms with Gasteiger partial charge in [-0.25, -0.2) is 9.97 Å². The van der Waals surface area contributed by atoms with Gasteiger partial charge in [-0.15, -0.1) is 0 Å². The van der Waals surface area contributed by atoms with Crippen molar-refractivity contribution in [2.75, 3.05) is 18.4 Å². The van der Waals surface area contributed by atoms with E-state index in [0.717, 1.165) is 6.54 Å². The second-order valence-electron chi connectivity index (χ2n) is 2.67. The molecule has 1 aromatic rings. The second kappa shape index (κ2) is 5.85. The van der Waals surface area contributed by atoms with Gasteiger partial charge in [-0.3, -0.25) is 4.79 Å². The van der Waals surface area contributed by atoms with E-state index in [1.807, 2.05) is 6.92 Å². The summed E-state index contributed by atoms with van der Waals surface area (Å²) in [6, 6.07) is 1.43. The lowest BCUT2D eigenvalue weighted by atomic mass is 10.5. The molecule has 1 aromatic heterocycles. The summed E-state index contributed by atoms with van der Waals surface area (Å²) in [6.07, 6.45) is 0. The van der Waals surface area contributed by atoms with E-state index in [2.05, 4.69) is 20.6 Å². The van der Waals surface area contributed by atoms with Crippen LogP contribution in [0.5, 0.6) is 0 Å². The van der Waals surface area contributed by atoms with Crippen molar-refractivity contribution in [3.8, 4) is 0 Å². The van der Waals surface area contributed by atoms with Crippen molar-refractivity contribution in [1.82, 2.24) is 15.3 Å². The van der Waals surface area contributed by atoms with E-state index in [1.165, 1.54) is 6.07 Å². The molecule has 1 rings (SSSR count). The number of likely N-dealkylation sites (N-methyl/N-ethyl adjacent to an activating group) is 1. The Bertz CT molecular complexity index is 338. The van der Waals surface area contributed by atoms with Crippen molar-refractivity contribution in [2.24, 2.45) is 0 Å². The maximum atomic E-state index is 11.3. The number of nitrogens with one attached hydrogen (secondary N) is 2. The van der Waals surface area contributed by atoms with Gasteiger partial charge >= 0.3 is 0 Å². The Balaban J connectivity index is 2.60. The molecule has 0 aliphatic carbocycles. The Morgan fingerprint density at radius 2 is 2.20 bits per heavy atom. The van der Waals surface area contributed by atoms with Crippen LogP contribution in [0.4, 0.5) is 5.82 Å². The normalized spacial score (nSPS) is 10.1. The predicted molar refractivity (Wildman–Crippen MR) is 59.2 cm³/mol. The Morgan fingerprint density at radius 3 is 2.80 bits per heavy atom. The summed E-state index contributed by atoms with van der Waals surface area (Å²) < 4.78 is 0. The van der Waals surface area contributed by atoms with Crippen LogP contribution in [0.2, 0.25) is 10.4 Å². The summed E-state index contributed by atoms with van der Waals surface area (Å²) in [7, 11) is 0. The first-order valence-electron chi connectivity index (χ1n) is 4.32. The molecule has 0 saturated heterocycles. The molecule has 0 spiro atoms.